The lowest BCUT2D eigenvalue weighted by Crippen LogP contribution is -2.43. The van der Waals surface area contributed by atoms with Gasteiger partial charge in [0.1, 0.15) is 0 Å². The van der Waals surface area contributed by atoms with Gasteiger partial charge in [-0.1, -0.05) is 11.6 Å². The number of rotatable bonds is 6. The van der Waals surface area contributed by atoms with Crippen molar-refractivity contribution in [1.29, 1.82) is 0 Å². The molecule has 1 amide bonds. The summed E-state index contributed by atoms with van der Waals surface area (Å²) in [5.74, 6) is 1.28. The van der Waals surface area contributed by atoms with Crippen molar-refractivity contribution in [2.75, 3.05) is 25.9 Å². The zero-order chi connectivity index (χ0) is 15.1. The molecule has 3 nitrogen and oxygen atoms in total. The molecule has 0 unspecified atom stereocenters. The number of thioether (sulfide) groups is 1. The second kappa shape index (κ2) is 10.4. The molecular weight excluding hydrogens is 339 g/mol. The molecule has 22 heavy (non-hydrogen) atoms. The van der Waals surface area contributed by atoms with E-state index in [9.17, 15) is 4.79 Å². The van der Waals surface area contributed by atoms with Gasteiger partial charge >= 0.3 is 0 Å². The van der Waals surface area contributed by atoms with E-state index in [1.54, 1.807) is 11.8 Å². The average molecular weight is 363 g/mol. The molecule has 0 aromatic heterocycles. The summed E-state index contributed by atoms with van der Waals surface area (Å²) in [6.45, 7) is 1.79. The third-order valence-corrected chi connectivity index (χ3v) is 5.22. The van der Waals surface area contributed by atoms with Crippen LogP contribution in [-0.4, -0.2) is 42.7 Å². The number of nitrogens with zero attached hydrogens (tertiary/aromatic N) is 1. The minimum absolute atomic E-state index is 0. The van der Waals surface area contributed by atoms with Crippen LogP contribution in [0.4, 0.5) is 0 Å². The summed E-state index contributed by atoms with van der Waals surface area (Å²) in [4.78, 5) is 15.4. The van der Waals surface area contributed by atoms with E-state index >= 15 is 0 Å². The Morgan fingerprint density at radius 2 is 1.95 bits per heavy atom. The molecule has 0 saturated carbocycles. The van der Waals surface area contributed by atoms with Crippen molar-refractivity contribution in [2.24, 2.45) is 0 Å². The number of nitrogens with one attached hydrogen (secondary N) is 1. The number of carbonyl (C=O) groups is 1. The molecule has 1 saturated heterocycles. The Balaban J connectivity index is 0.00000242. The first kappa shape index (κ1) is 19.6. The molecule has 0 atom stereocenters. The van der Waals surface area contributed by atoms with E-state index in [-0.39, 0.29) is 12.4 Å². The fourth-order valence-corrected chi connectivity index (χ4v) is 3.50. The third-order valence-electron chi connectivity index (χ3n) is 3.87. The van der Waals surface area contributed by atoms with Crippen molar-refractivity contribution in [3.8, 4) is 0 Å². The number of likely N-dealkylation sites (tertiary alicyclic amines) is 1. The lowest BCUT2D eigenvalue weighted by Gasteiger charge is -2.31. The summed E-state index contributed by atoms with van der Waals surface area (Å²) in [7, 11) is 2.00. The monoisotopic (exact) mass is 362 g/mol. The van der Waals surface area contributed by atoms with E-state index in [2.05, 4.69) is 5.32 Å². The first-order valence-electron chi connectivity index (χ1n) is 7.52. The molecule has 1 heterocycles. The van der Waals surface area contributed by atoms with Crippen LogP contribution in [0.25, 0.3) is 0 Å². The lowest BCUT2D eigenvalue weighted by atomic mass is 10.0. The minimum Gasteiger partial charge on any atom is -0.343 e. The molecule has 0 radical (unpaired) electrons. The molecule has 1 aliphatic heterocycles. The smallest absolute Gasteiger partial charge is 0.222 e. The Kier molecular flexibility index (Phi) is 9.25. The maximum Gasteiger partial charge on any atom is 0.222 e. The zero-order valence-electron chi connectivity index (χ0n) is 12.9. The zero-order valence-corrected chi connectivity index (χ0v) is 15.3. The number of benzene rings is 1. The maximum atomic E-state index is 12.1. The van der Waals surface area contributed by atoms with Crippen molar-refractivity contribution >= 4 is 41.7 Å². The van der Waals surface area contributed by atoms with E-state index in [4.69, 9.17) is 11.6 Å². The molecule has 124 valence electrons. The summed E-state index contributed by atoms with van der Waals surface area (Å²) in [6, 6.07) is 8.44. The number of piperidine rings is 1. The molecule has 1 aliphatic rings. The van der Waals surface area contributed by atoms with Gasteiger partial charge < -0.3 is 10.2 Å². The van der Waals surface area contributed by atoms with Crippen LogP contribution >= 0.6 is 35.8 Å². The van der Waals surface area contributed by atoms with Gasteiger partial charge in [0.05, 0.1) is 0 Å². The Bertz CT molecular complexity index is 448. The topological polar surface area (TPSA) is 32.3 Å². The highest BCUT2D eigenvalue weighted by Crippen LogP contribution is 2.21. The SMILES string of the molecule is CNC1CCN(C(=O)CCCSc2ccc(Cl)cc2)CC1.Cl. The molecular formula is C16H24Cl2N2OS. The Labute approximate surface area is 148 Å². The first-order chi connectivity index (χ1) is 10.2. The first-order valence-corrected chi connectivity index (χ1v) is 8.89. The second-order valence-corrected chi connectivity index (χ2v) is 6.95. The second-order valence-electron chi connectivity index (χ2n) is 5.35. The van der Waals surface area contributed by atoms with Gasteiger partial charge in [0.25, 0.3) is 0 Å². The molecule has 0 aliphatic carbocycles. The molecule has 1 aromatic rings. The summed E-state index contributed by atoms with van der Waals surface area (Å²) >= 11 is 7.64. The molecule has 1 fully saturated rings. The molecule has 0 bridgehead atoms. The number of hydrogen-bond donors (Lipinski definition) is 1. The summed E-state index contributed by atoms with van der Waals surface area (Å²) in [6.07, 6.45) is 3.73. The Morgan fingerprint density at radius 1 is 1.32 bits per heavy atom. The minimum atomic E-state index is 0. The standard InChI is InChI=1S/C16H23ClN2OS.ClH/c1-18-14-8-10-19(11-9-14)16(20)3-2-12-21-15-6-4-13(17)5-7-15;/h4-7,14,18H,2-3,8-12H2,1H3;1H. The molecule has 1 aromatic carbocycles. The summed E-state index contributed by atoms with van der Waals surface area (Å²) < 4.78 is 0. The highest BCUT2D eigenvalue weighted by molar-refractivity contribution is 7.99. The molecule has 0 spiro atoms. The molecule has 6 heteroatoms. The van der Waals surface area contributed by atoms with Crippen LogP contribution < -0.4 is 5.32 Å². The van der Waals surface area contributed by atoms with Gasteiger partial charge in [0, 0.05) is 35.5 Å². The fourth-order valence-electron chi connectivity index (χ4n) is 2.52. The van der Waals surface area contributed by atoms with Crippen LogP contribution in [0.3, 0.4) is 0 Å². The predicted octanol–water partition coefficient (Wildman–Crippen LogP) is 3.84. The lowest BCUT2D eigenvalue weighted by molar-refractivity contribution is -0.132. The Morgan fingerprint density at radius 3 is 2.55 bits per heavy atom. The van der Waals surface area contributed by atoms with E-state index in [1.165, 1.54) is 4.90 Å². The molecule has 1 N–H and O–H groups in total. The van der Waals surface area contributed by atoms with Crippen molar-refractivity contribution in [1.82, 2.24) is 10.2 Å². The van der Waals surface area contributed by atoms with Crippen LogP contribution in [0.1, 0.15) is 25.7 Å². The van der Waals surface area contributed by atoms with Gasteiger partial charge in [-0.2, -0.15) is 0 Å². The maximum absolute atomic E-state index is 12.1. The predicted molar refractivity (Wildman–Crippen MR) is 97.3 cm³/mol. The van der Waals surface area contributed by atoms with Crippen LogP contribution in [-0.2, 0) is 4.79 Å². The number of halogens is 2. The largest absolute Gasteiger partial charge is 0.343 e. The van der Waals surface area contributed by atoms with Crippen molar-refractivity contribution < 1.29 is 4.79 Å². The van der Waals surface area contributed by atoms with Crippen molar-refractivity contribution in [3.05, 3.63) is 29.3 Å². The highest BCUT2D eigenvalue weighted by Gasteiger charge is 2.21. The third kappa shape index (κ3) is 6.37. The van der Waals surface area contributed by atoms with E-state index in [0.29, 0.717) is 18.4 Å². The summed E-state index contributed by atoms with van der Waals surface area (Å²) in [5.41, 5.74) is 0. The fraction of sp³-hybridized carbons (Fsp3) is 0.562. The van der Waals surface area contributed by atoms with Gasteiger partial charge in [0.15, 0.2) is 0 Å². The Hall–Kier alpha value is -0.420. The number of carbonyl (C=O) groups excluding carboxylic acids is 1. The van der Waals surface area contributed by atoms with Gasteiger partial charge in [0.2, 0.25) is 5.91 Å². The normalized spacial score (nSPS) is 15.5. The van der Waals surface area contributed by atoms with E-state index in [0.717, 1.165) is 43.1 Å². The van der Waals surface area contributed by atoms with Crippen LogP contribution in [0.5, 0.6) is 0 Å². The van der Waals surface area contributed by atoms with Crippen LogP contribution in [0, 0.1) is 0 Å². The average Bonchev–Trinajstić information content (AvgIpc) is 2.53. The van der Waals surface area contributed by atoms with Gasteiger partial charge in [-0.15, -0.1) is 24.2 Å². The number of hydrogen-bond acceptors (Lipinski definition) is 3. The van der Waals surface area contributed by atoms with E-state index < -0.39 is 0 Å². The molecule has 2 rings (SSSR count). The summed E-state index contributed by atoms with van der Waals surface area (Å²) in [5, 5.41) is 4.05. The van der Waals surface area contributed by atoms with Crippen molar-refractivity contribution in [3.63, 3.8) is 0 Å². The van der Waals surface area contributed by atoms with Crippen molar-refractivity contribution in [2.45, 2.75) is 36.6 Å². The number of amides is 1. The van der Waals surface area contributed by atoms with Gasteiger partial charge in [-0.3, -0.25) is 4.79 Å². The van der Waals surface area contributed by atoms with Gasteiger partial charge in [-0.05, 0) is 56.3 Å². The highest BCUT2D eigenvalue weighted by atomic mass is 35.5. The van der Waals surface area contributed by atoms with Crippen LogP contribution in [0.15, 0.2) is 29.2 Å². The van der Waals surface area contributed by atoms with Crippen LogP contribution in [0.2, 0.25) is 5.02 Å². The quantitative estimate of drug-likeness (QED) is 0.616. The van der Waals surface area contributed by atoms with E-state index in [1.807, 2.05) is 36.2 Å². The van der Waals surface area contributed by atoms with Gasteiger partial charge in [-0.25, -0.2) is 0 Å².